The largest absolute Gasteiger partial charge is 0.497 e. The minimum atomic E-state index is -1.32. The molecular weight excluding hydrogens is 524 g/mol. The van der Waals surface area contributed by atoms with Crippen molar-refractivity contribution in [3.63, 3.8) is 0 Å². The highest BCUT2D eigenvalue weighted by atomic mass is 35.5. The molecule has 0 saturated carbocycles. The average Bonchev–Trinajstić information content (AvgIpc) is 3.24. The number of hydrogen-bond donors (Lipinski definition) is 1. The molecule has 1 heterocycles. The maximum absolute atomic E-state index is 14.1. The van der Waals surface area contributed by atoms with Gasteiger partial charge in [0.25, 0.3) is 17.2 Å². The standard InChI is InChI=1S/C29H19ClN2O7/c1-38-18-13-11-17(12-14-18)32-24-19-5-3-4-6-20(19)25(33)22(24)21(29(37)39-2)23(28(32)36)26(34)27(35)31-16-9-7-15(30)8-10-16/h3-14H,1-2H3,(H,31,35). The Kier molecular flexibility index (Phi) is 6.59. The number of ketones is 2. The number of anilines is 1. The van der Waals surface area contributed by atoms with Crippen molar-refractivity contribution in [3.8, 4) is 22.7 Å². The van der Waals surface area contributed by atoms with Gasteiger partial charge in [-0.3, -0.25) is 23.7 Å². The Bertz CT molecular complexity index is 1740. The topological polar surface area (TPSA) is 121 Å². The van der Waals surface area contributed by atoms with Crippen molar-refractivity contribution >= 4 is 40.7 Å². The monoisotopic (exact) mass is 542 g/mol. The number of Topliss-reactive ketones (excluding diaryl/α,β-unsaturated/α-hetero) is 1. The molecule has 1 N–H and O–H groups in total. The van der Waals surface area contributed by atoms with Crippen LogP contribution in [-0.4, -0.2) is 42.2 Å². The zero-order valence-electron chi connectivity index (χ0n) is 20.6. The molecule has 0 saturated heterocycles. The first kappa shape index (κ1) is 25.6. The van der Waals surface area contributed by atoms with Crippen LogP contribution in [0.4, 0.5) is 5.69 Å². The lowest BCUT2D eigenvalue weighted by atomic mass is 9.96. The van der Waals surface area contributed by atoms with E-state index < -0.39 is 40.1 Å². The molecule has 1 aliphatic carbocycles. The van der Waals surface area contributed by atoms with Crippen LogP contribution in [0.5, 0.6) is 5.75 Å². The van der Waals surface area contributed by atoms with Crippen molar-refractivity contribution in [2.45, 2.75) is 0 Å². The van der Waals surface area contributed by atoms with E-state index in [1.807, 2.05) is 0 Å². The molecule has 194 valence electrons. The highest BCUT2D eigenvalue weighted by Crippen LogP contribution is 2.40. The van der Waals surface area contributed by atoms with Crippen LogP contribution in [0.3, 0.4) is 0 Å². The van der Waals surface area contributed by atoms with Crippen molar-refractivity contribution in [1.82, 2.24) is 4.57 Å². The number of benzene rings is 3. The smallest absolute Gasteiger partial charge is 0.339 e. The van der Waals surface area contributed by atoms with Gasteiger partial charge in [-0.15, -0.1) is 0 Å². The quantitative estimate of drug-likeness (QED) is 0.193. The number of methoxy groups -OCH3 is 2. The van der Waals surface area contributed by atoms with Crippen LogP contribution in [0, 0.1) is 0 Å². The van der Waals surface area contributed by atoms with E-state index in [-0.39, 0.29) is 28.2 Å². The van der Waals surface area contributed by atoms with Crippen molar-refractivity contribution < 1.29 is 28.7 Å². The van der Waals surface area contributed by atoms with Gasteiger partial charge in [-0.2, -0.15) is 0 Å². The van der Waals surface area contributed by atoms with Crippen LogP contribution >= 0.6 is 11.6 Å². The molecule has 9 nitrogen and oxygen atoms in total. The third-order valence-electron chi connectivity index (χ3n) is 6.29. The van der Waals surface area contributed by atoms with Crippen LogP contribution < -0.4 is 15.6 Å². The van der Waals surface area contributed by atoms with Gasteiger partial charge in [0.05, 0.1) is 31.0 Å². The number of rotatable bonds is 6. The molecule has 39 heavy (non-hydrogen) atoms. The molecule has 0 atom stereocenters. The Morgan fingerprint density at radius 1 is 0.821 bits per heavy atom. The van der Waals surface area contributed by atoms with E-state index in [1.165, 1.54) is 31.4 Å². The third kappa shape index (κ3) is 4.28. The average molecular weight is 543 g/mol. The SMILES string of the molecule is COC(=O)c1c2c(n(-c3ccc(OC)cc3)c(=O)c1C(=O)C(=O)Nc1ccc(Cl)cc1)-c1ccccc1C2=O. The summed E-state index contributed by atoms with van der Waals surface area (Å²) in [5, 5.41) is 2.81. The fraction of sp³-hybridized carbons (Fsp3) is 0.0690. The van der Waals surface area contributed by atoms with Crippen LogP contribution in [0.1, 0.15) is 36.6 Å². The van der Waals surface area contributed by atoms with Crippen LogP contribution in [-0.2, 0) is 9.53 Å². The van der Waals surface area contributed by atoms with Crippen molar-refractivity contribution in [2.24, 2.45) is 0 Å². The summed E-state index contributed by atoms with van der Waals surface area (Å²) in [7, 11) is 2.54. The number of amides is 1. The summed E-state index contributed by atoms with van der Waals surface area (Å²) in [5.74, 6) is -3.69. The molecule has 1 aromatic heterocycles. The number of carbonyl (C=O) groups excluding carboxylic acids is 4. The molecular formula is C29H19ClN2O7. The second kappa shape index (κ2) is 10.0. The van der Waals surface area contributed by atoms with E-state index in [1.54, 1.807) is 48.5 Å². The minimum absolute atomic E-state index is 0.112. The van der Waals surface area contributed by atoms with Gasteiger partial charge in [0, 0.05) is 27.5 Å². The first-order valence-electron chi connectivity index (χ1n) is 11.6. The summed E-state index contributed by atoms with van der Waals surface area (Å²) in [5.41, 5.74) is -1.29. The molecule has 4 aromatic rings. The van der Waals surface area contributed by atoms with Crippen molar-refractivity contribution in [1.29, 1.82) is 0 Å². The van der Waals surface area contributed by atoms with E-state index in [0.29, 0.717) is 16.3 Å². The third-order valence-corrected chi connectivity index (χ3v) is 6.54. The zero-order valence-corrected chi connectivity index (χ0v) is 21.4. The van der Waals surface area contributed by atoms with E-state index in [4.69, 9.17) is 21.1 Å². The van der Waals surface area contributed by atoms with E-state index in [2.05, 4.69) is 5.32 Å². The van der Waals surface area contributed by atoms with Crippen molar-refractivity contribution in [2.75, 3.05) is 19.5 Å². The molecule has 1 aliphatic rings. The van der Waals surface area contributed by atoms with Gasteiger partial charge in [0.2, 0.25) is 0 Å². The number of fused-ring (bicyclic) bond motifs is 3. The van der Waals surface area contributed by atoms with Gasteiger partial charge in [-0.25, -0.2) is 4.79 Å². The minimum Gasteiger partial charge on any atom is -0.497 e. The first-order chi connectivity index (χ1) is 18.8. The molecule has 1 amide bonds. The van der Waals surface area contributed by atoms with Gasteiger partial charge < -0.3 is 14.8 Å². The van der Waals surface area contributed by atoms with E-state index in [9.17, 15) is 24.0 Å². The molecule has 0 bridgehead atoms. The number of nitrogens with one attached hydrogen (secondary N) is 1. The maximum atomic E-state index is 14.1. The Labute approximate surface area is 226 Å². The lowest BCUT2D eigenvalue weighted by Gasteiger charge is -2.18. The maximum Gasteiger partial charge on any atom is 0.339 e. The van der Waals surface area contributed by atoms with Gasteiger partial charge in [-0.05, 0) is 48.5 Å². The number of pyridine rings is 1. The lowest BCUT2D eigenvalue weighted by molar-refractivity contribution is -0.112. The number of esters is 1. The molecule has 0 spiro atoms. The predicted octanol–water partition coefficient (Wildman–Crippen LogP) is 4.32. The number of nitrogens with zero attached hydrogens (tertiary/aromatic N) is 1. The highest BCUT2D eigenvalue weighted by molar-refractivity contribution is 6.48. The lowest BCUT2D eigenvalue weighted by Crippen LogP contribution is -2.36. The Hall–Kier alpha value is -5.02. The molecule has 10 heteroatoms. The summed E-state index contributed by atoms with van der Waals surface area (Å²) >= 11 is 5.88. The Balaban J connectivity index is 1.80. The number of carbonyl (C=O) groups is 4. The molecule has 3 aromatic carbocycles. The molecule has 5 rings (SSSR count). The first-order valence-corrected chi connectivity index (χ1v) is 12.0. The Morgan fingerprint density at radius 2 is 1.46 bits per heavy atom. The number of hydrogen-bond acceptors (Lipinski definition) is 7. The number of aromatic nitrogens is 1. The molecule has 0 fully saturated rings. The number of halogens is 1. The molecule has 0 unspecified atom stereocenters. The summed E-state index contributed by atoms with van der Waals surface area (Å²) in [6.45, 7) is 0. The fourth-order valence-electron chi connectivity index (χ4n) is 4.50. The number of ether oxygens (including phenoxy) is 2. The van der Waals surface area contributed by atoms with Crippen LogP contribution in [0.15, 0.2) is 77.6 Å². The second-order valence-electron chi connectivity index (χ2n) is 8.47. The molecule has 0 radical (unpaired) electrons. The molecule has 0 aliphatic heterocycles. The fourth-order valence-corrected chi connectivity index (χ4v) is 4.63. The second-order valence-corrected chi connectivity index (χ2v) is 8.91. The van der Waals surface area contributed by atoms with Gasteiger partial charge >= 0.3 is 5.97 Å². The van der Waals surface area contributed by atoms with E-state index >= 15 is 0 Å². The van der Waals surface area contributed by atoms with Crippen LogP contribution in [0.2, 0.25) is 5.02 Å². The predicted molar refractivity (Wildman–Crippen MR) is 143 cm³/mol. The Morgan fingerprint density at radius 3 is 2.08 bits per heavy atom. The summed E-state index contributed by atoms with van der Waals surface area (Å²) < 4.78 is 11.2. The van der Waals surface area contributed by atoms with Gasteiger partial charge in [0.1, 0.15) is 11.3 Å². The summed E-state index contributed by atoms with van der Waals surface area (Å²) in [4.78, 5) is 67.4. The summed E-state index contributed by atoms with van der Waals surface area (Å²) in [6, 6.07) is 18.8. The summed E-state index contributed by atoms with van der Waals surface area (Å²) in [6.07, 6.45) is 0. The van der Waals surface area contributed by atoms with Gasteiger partial charge in [-0.1, -0.05) is 35.9 Å². The zero-order chi connectivity index (χ0) is 27.8. The van der Waals surface area contributed by atoms with Gasteiger partial charge in [0.15, 0.2) is 5.78 Å². The normalized spacial score (nSPS) is 11.4. The van der Waals surface area contributed by atoms with E-state index in [0.717, 1.165) is 11.7 Å². The van der Waals surface area contributed by atoms with Crippen molar-refractivity contribution in [3.05, 3.63) is 110 Å². The highest BCUT2D eigenvalue weighted by Gasteiger charge is 2.40. The van der Waals surface area contributed by atoms with Crippen LogP contribution in [0.25, 0.3) is 16.9 Å².